The van der Waals surface area contributed by atoms with Gasteiger partial charge in [-0.1, -0.05) is 24.6 Å². The Kier molecular flexibility index (Phi) is 6.61. The number of nitrogens with zero attached hydrogens (tertiary/aromatic N) is 6. The van der Waals surface area contributed by atoms with Crippen LogP contribution in [0.1, 0.15) is 26.5 Å². The van der Waals surface area contributed by atoms with Gasteiger partial charge in [-0.05, 0) is 50.7 Å². The number of azo groups is 1. The van der Waals surface area contributed by atoms with Crippen LogP contribution < -0.4 is 11.1 Å². The molecule has 0 radical (unpaired) electrons. The molecule has 1 aromatic carbocycles. The summed E-state index contributed by atoms with van der Waals surface area (Å²) in [7, 11) is 1.73. The lowest BCUT2D eigenvalue weighted by Gasteiger charge is -2.12. The summed E-state index contributed by atoms with van der Waals surface area (Å²) in [6, 6.07) is 6.89. The smallest absolute Gasteiger partial charge is 0.299 e. The molecule has 1 N–H and O–H groups in total. The summed E-state index contributed by atoms with van der Waals surface area (Å²) in [5.41, 5.74) is 0.0275. The molecule has 3 rings (SSSR count). The molecule has 164 valence electrons. The van der Waals surface area contributed by atoms with Crippen LogP contribution in [-0.2, 0) is 26.6 Å². The van der Waals surface area contributed by atoms with E-state index in [-0.39, 0.29) is 22.0 Å². The minimum Gasteiger partial charge on any atom is -0.493 e. The second-order valence-electron chi connectivity index (χ2n) is 6.72. The molecule has 0 aliphatic rings. The predicted octanol–water partition coefficient (Wildman–Crippen LogP) is 4.25. The molecular weight excluding hydrogens is 440 g/mol. The second-order valence-corrected chi connectivity index (χ2v) is 7.52. The van der Waals surface area contributed by atoms with Crippen molar-refractivity contribution in [1.82, 2.24) is 18.5 Å². The number of halogens is 1. The highest BCUT2D eigenvalue weighted by atomic mass is 35.5. The van der Waals surface area contributed by atoms with E-state index in [1.165, 1.54) is 13.8 Å². The van der Waals surface area contributed by atoms with E-state index >= 15 is 0 Å². The average molecular weight is 463 g/mol. The molecule has 9 nitrogen and oxygen atoms in total. The number of hydrogen-bond acceptors (Lipinski definition) is 6. The van der Waals surface area contributed by atoms with Crippen LogP contribution in [0.2, 0.25) is 5.02 Å². The van der Waals surface area contributed by atoms with Crippen LogP contribution in [0.4, 0.5) is 11.4 Å². The topological polar surface area (TPSA) is 98.8 Å². The molecule has 0 spiro atoms. The van der Waals surface area contributed by atoms with Gasteiger partial charge in [-0.15, -0.1) is 10.2 Å². The minimum atomic E-state index is -0.567. The Morgan fingerprint density at radius 2 is 1.68 bits per heavy atom. The maximum absolute atomic E-state index is 13.2. The summed E-state index contributed by atoms with van der Waals surface area (Å²) < 4.78 is 6.02. The molecule has 3 aromatic rings. The van der Waals surface area contributed by atoms with Crippen LogP contribution in [0.15, 0.2) is 44.1 Å². The van der Waals surface area contributed by atoms with Crippen molar-refractivity contribution in [3.8, 4) is 11.6 Å². The van der Waals surface area contributed by atoms with E-state index in [1.54, 1.807) is 49.8 Å². The van der Waals surface area contributed by atoms with Gasteiger partial charge in [0.05, 0.1) is 11.4 Å². The molecule has 2 heterocycles. The van der Waals surface area contributed by atoms with Gasteiger partial charge in [-0.25, -0.2) is 4.68 Å². The van der Waals surface area contributed by atoms with Crippen LogP contribution in [0.5, 0.6) is 5.88 Å². The van der Waals surface area contributed by atoms with Crippen molar-refractivity contribution in [2.45, 2.75) is 40.3 Å². The van der Waals surface area contributed by atoms with Gasteiger partial charge < -0.3 is 5.11 Å². The van der Waals surface area contributed by atoms with E-state index in [4.69, 9.17) is 23.8 Å². The fraction of sp³-hybridized carbons (Fsp3) is 0.350. The number of rotatable bonds is 6. The molecule has 0 saturated heterocycles. The molecule has 2 aromatic heterocycles. The predicted molar refractivity (Wildman–Crippen MR) is 122 cm³/mol. The number of aromatic nitrogens is 4. The highest BCUT2D eigenvalue weighted by Crippen LogP contribution is 2.26. The van der Waals surface area contributed by atoms with Crippen molar-refractivity contribution in [1.29, 1.82) is 0 Å². The highest BCUT2D eigenvalue weighted by molar-refractivity contribution is 7.71. The van der Waals surface area contributed by atoms with Crippen molar-refractivity contribution in [2.75, 3.05) is 0 Å². The van der Waals surface area contributed by atoms with E-state index < -0.39 is 11.1 Å². The van der Waals surface area contributed by atoms with Crippen LogP contribution in [0, 0.1) is 4.77 Å². The van der Waals surface area contributed by atoms with E-state index in [9.17, 15) is 14.7 Å². The van der Waals surface area contributed by atoms with Crippen molar-refractivity contribution < 1.29 is 5.11 Å². The van der Waals surface area contributed by atoms with E-state index in [0.717, 1.165) is 0 Å². The second kappa shape index (κ2) is 9.03. The van der Waals surface area contributed by atoms with E-state index in [2.05, 4.69) is 10.2 Å². The highest BCUT2D eigenvalue weighted by Gasteiger charge is 2.20. The summed E-state index contributed by atoms with van der Waals surface area (Å²) in [6.45, 7) is 6.10. The minimum absolute atomic E-state index is 0.0809. The lowest BCUT2D eigenvalue weighted by atomic mass is 10.3. The summed E-state index contributed by atoms with van der Waals surface area (Å²) >= 11 is 11.4. The zero-order chi connectivity index (χ0) is 22.9. The molecule has 0 aliphatic carbocycles. The van der Waals surface area contributed by atoms with Crippen LogP contribution in [-0.4, -0.2) is 23.6 Å². The maximum Gasteiger partial charge on any atom is 0.299 e. The molecule has 0 bridgehead atoms. The zero-order valence-corrected chi connectivity index (χ0v) is 19.2. The fourth-order valence-corrected chi connectivity index (χ4v) is 4.07. The standard InChI is InChI=1S/C20H23ClN6O3S/c1-5-14-15(19(30)27(24(14)4)13-10-8-9-12(21)11-13)22-23-16-17(28)25(6-2)20(31)26(7-3)18(16)29/h8-11,28H,5-7H2,1-4H3. The monoisotopic (exact) mass is 462 g/mol. The summed E-state index contributed by atoms with van der Waals surface area (Å²) in [5, 5.41) is 19.1. The van der Waals surface area contributed by atoms with Crippen molar-refractivity contribution in [3.05, 3.63) is 60.5 Å². The fourth-order valence-electron chi connectivity index (χ4n) is 3.45. The third-order valence-corrected chi connectivity index (χ3v) is 5.68. The van der Waals surface area contributed by atoms with Gasteiger partial charge in [0.2, 0.25) is 11.6 Å². The lowest BCUT2D eigenvalue weighted by molar-refractivity contribution is 0.402. The number of hydrogen-bond donors (Lipinski definition) is 1. The van der Waals surface area contributed by atoms with E-state index in [0.29, 0.717) is 35.9 Å². The van der Waals surface area contributed by atoms with Crippen LogP contribution in [0.25, 0.3) is 5.69 Å². The Hall–Kier alpha value is -2.98. The first kappa shape index (κ1) is 22.7. The van der Waals surface area contributed by atoms with Crippen molar-refractivity contribution >= 4 is 35.2 Å². The molecule has 31 heavy (non-hydrogen) atoms. The summed E-state index contributed by atoms with van der Waals surface area (Å²) in [5.74, 6) is -0.380. The summed E-state index contributed by atoms with van der Waals surface area (Å²) in [4.78, 5) is 25.9. The first-order chi connectivity index (χ1) is 14.8. The average Bonchev–Trinajstić information content (AvgIpc) is 2.97. The van der Waals surface area contributed by atoms with Gasteiger partial charge >= 0.3 is 0 Å². The van der Waals surface area contributed by atoms with Gasteiger partial charge in [0.25, 0.3) is 11.1 Å². The van der Waals surface area contributed by atoms with Crippen molar-refractivity contribution in [2.24, 2.45) is 17.3 Å². The Morgan fingerprint density at radius 1 is 1.03 bits per heavy atom. The molecule has 0 aliphatic heterocycles. The Labute approximate surface area is 188 Å². The SMILES string of the molecule is CCc1c(N=Nc2c(O)n(CC)c(=S)n(CC)c2=O)c(=O)n(-c2cccc(Cl)c2)n1C. The van der Waals surface area contributed by atoms with E-state index in [1.807, 2.05) is 6.92 Å². The quantitative estimate of drug-likeness (QED) is 0.437. The molecule has 0 unspecified atom stereocenters. The molecule has 0 atom stereocenters. The first-order valence-corrected chi connectivity index (χ1v) is 10.6. The molecule has 0 saturated carbocycles. The largest absolute Gasteiger partial charge is 0.493 e. The Bertz CT molecular complexity index is 1350. The Morgan fingerprint density at radius 3 is 2.26 bits per heavy atom. The number of aromatic hydroxyl groups is 1. The summed E-state index contributed by atoms with van der Waals surface area (Å²) in [6.07, 6.45) is 0.499. The molecule has 0 fully saturated rings. The molecule has 0 amide bonds. The third-order valence-electron chi connectivity index (χ3n) is 5.01. The maximum atomic E-state index is 13.2. The molecule has 11 heteroatoms. The van der Waals surface area contributed by atoms with Gasteiger partial charge in [-0.2, -0.15) is 0 Å². The lowest BCUT2D eigenvalue weighted by Crippen LogP contribution is -2.24. The zero-order valence-electron chi connectivity index (χ0n) is 17.7. The van der Waals surface area contributed by atoms with Crippen LogP contribution in [0.3, 0.4) is 0 Å². The third kappa shape index (κ3) is 3.88. The van der Waals surface area contributed by atoms with Gasteiger partial charge in [-0.3, -0.25) is 23.4 Å². The molecular formula is C20H23ClN6O3S. The number of benzene rings is 1. The Balaban J connectivity index is 2.23. The van der Waals surface area contributed by atoms with Gasteiger partial charge in [0.1, 0.15) is 0 Å². The first-order valence-electron chi connectivity index (χ1n) is 9.81. The van der Waals surface area contributed by atoms with Crippen LogP contribution >= 0.6 is 23.8 Å². The van der Waals surface area contributed by atoms with Crippen molar-refractivity contribution in [3.63, 3.8) is 0 Å². The van der Waals surface area contributed by atoms with Gasteiger partial charge in [0.15, 0.2) is 10.5 Å². The van der Waals surface area contributed by atoms with Gasteiger partial charge in [0, 0.05) is 25.2 Å². The normalized spacial score (nSPS) is 11.5.